The van der Waals surface area contributed by atoms with E-state index in [0.717, 1.165) is 5.56 Å². The largest absolute Gasteiger partial charge is 0.460 e. The number of nitrogens with one attached hydrogen (secondary N) is 1. The van der Waals surface area contributed by atoms with Gasteiger partial charge in [-0.3, -0.25) is 9.59 Å². The number of piperidine rings is 1. The minimum atomic E-state index is -0.535. The SMILES string of the molecule is CC(C)(C)OC(=O)C1CC(=O)NCC1c1ccccc1. The van der Waals surface area contributed by atoms with Gasteiger partial charge in [0, 0.05) is 18.9 Å². The Bertz CT molecular complexity index is 490. The molecule has 0 spiro atoms. The summed E-state index contributed by atoms with van der Waals surface area (Å²) in [7, 11) is 0. The Morgan fingerprint density at radius 3 is 2.50 bits per heavy atom. The van der Waals surface area contributed by atoms with Crippen molar-refractivity contribution in [2.75, 3.05) is 6.54 Å². The third-order valence-electron chi connectivity index (χ3n) is 3.35. The van der Waals surface area contributed by atoms with Gasteiger partial charge in [0.15, 0.2) is 0 Å². The van der Waals surface area contributed by atoms with Crippen LogP contribution in [0.1, 0.15) is 38.7 Å². The summed E-state index contributed by atoms with van der Waals surface area (Å²) in [6.45, 7) is 5.99. The molecule has 2 rings (SSSR count). The molecule has 108 valence electrons. The van der Waals surface area contributed by atoms with Crippen molar-refractivity contribution in [3.05, 3.63) is 35.9 Å². The molecule has 4 heteroatoms. The lowest BCUT2D eigenvalue weighted by Gasteiger charge is -2.32. The first kappa shape index (κ1) is 14.6. The summed E-state index contributed by atoms with van der Waals surface area (Å²) in [4.78, 5) is 23.9. The number of esters is 1. The van der Waals surface area contributed by atoms with Crippen LogP contribution in [0.3, 0.4) is 0 Å². The zero-order valence-electron chi connectivity index (χ0n) is 12.2. The van der Waals surface area contributed by atoms with E-state index >= 15 is 0 Å². The molecular formula is C16H21NO3. The van der Waals surface area contributed by atoms with Crippen molar-refractivity contribution in [2.24, 2.45) is 5.92 Å². The summed E-state index contributed by atoms with van der Waals surface area (Å²) < 4.78 is 5.46. The number of carbonyl (C=O) groups excluding carboxylic acids is 2. The Morgan fingerprint density at radius 1 is 1.25 bits per heavy atom. The lowest BCUT2D eigenvalue weighted by Crippen LogP contribution is -2.44. The maximum atomic E-state index is 12.3. The maximum absolute atomic E-state index is 12.3. The summed E-state index contributed by atoms with van der Waals surface area (Å²) in [6, 6.07) is 9.79. The van der Waals surface area contributed by atoms with Gasteiger partial charge in [0.25, 0.3) is 0 Å². The summed E-state index contributed by atoms with van der Waals surface area (Å²) in [5.74, 6) is -0.816. The summed E-state index contributed by atoms with van der Waals surface area (Å²) in [5, 5.41) is 2.83. The quantitative estimate of drug-likeness (QED) is 0.842. The van der Waals surface area contributed by atoms with E-state index in [1.165, 1.54) is 0 Å². The van der Waals surface area contributed by atoms with Gasteiger partial charge in [0.05, 0.1) is 5.92 Å². The van der Waals surface area contributed by atoms with Crippen LogP contribution in [0.5, 0.6) is 0 Å². The third-order valence-corrected chi connectivity index (χ3v) is 3.35. The van der Waals surface area contributed by atoms with Gasteiger partial charge in [0.2, 0.25) is 5.91 Å². The lowest BCUT2D eigenvalue weighted by atomic mass is 9.81. The fourth-order valence-electron chi connectivity index (χ4n) is 2.46. The fourth-order valence-corrected chi connectivity index (χ4v) is 2.46. The van der Waals surface area contributed by atoms with Gasteiger partial charge in [-0.15, -0.1) is 0 Å². The average molecular weight is 275 g/mol. The van der Waals surface area contributed by atoms with E-state index in [-0.39, 0.29) is 24.2 Å². The lowest BCUT2D eigenvalue weighted by molar-refractivity contribution is -0.163. The molecule has 1 aromatic rings. The Balaban J connectivity index is 2.21. The van der Waals surface area contributed by atoms with Gasteiger partial charge in [0.1, 0.15) is 5.60 Å². The zero-order chi connectivity index (χ0) is 14.8. The van der Waals surface area contributed by atoms with E-state index < -0.39 is 11.5 Å². The van der Waals surface area contributed by atoms with Crippen LogP contribution in [0, 0.1) is 5.92 Å². The third kappa shape index (κ3) is 3.59. The van der Waals surface area contributed by atoms with E-state index in [1.807, 2.05) is 51.1 Å². The number of hydrogen-bond acceptors (Lipinski definition) is 3. The Kier molecular flexibility index (Phi) is 4.12. The molecule has 0 bridgehead atoms. The molecule has 2 unspecified atom stereocenters. The number of benzene rings is 1. The Hall–Kier alpha value is -1.84. The van der Waals surface area contributed by atoms with E-state index in [0.29, 0.717) is 6.54 Å². The van der Waals surface area contributed by atoms with Crippen LogP contribution in [0.2, 0.25) is 0 Å². The van der Waals surface area contributed by atoms with Crippen molar-refractivity contribution < 1.29 is 14.3 Å². The van der Waals surface area contributed by atoms with E-state index in [9.17, 15) is 9.59 Å². The highest BCUT2D eigenvalue weighted by molar-refractivity contribution is 5.85. The van der Waals surface area contributed by atoms with Crippen molar-refractivity contribution in [1.29, 1.82) is 0 Å². The Labute approximate surface area is 119 Å². The molecule has 1 aromatic carbocycles. The summed E-state index contributed by atoms with van der Waals surface area (Å²) in [5.41, 5.74) is 0.523. The molecule has 1 fully saturated rings. The number of ether oxygens (including phenoxy) is 1. The van der Waals surface area contributed by atoms with Gasteiger partial charge in [-0.1, -0.05) is 30.3 Å². The highest BCUT2D eigenvalue weighted by Gasteiger charge is 2.37. The second-order valence-corrected chi connectivity index (χ2v) is 6.17. The van der Waals surface area contributed by atoms with Gasteiger partial charge in [-0.05, 0) is 26.3 Å². The molecule has 0 aromatic heterocycles. The molecule has 1 N–H and O–H groups in total. The van der Waals surface area contributed by atoms with Crippen LogP contribution in [-0.4, -0.2) is 24.0 Å². The van der Waals surface area contributed by atoms with Crippen LogP contribution in [-0.2, 0) is 14.3 Å². The molecule has 1 amide bonds. The number of carbonyl (C=O) groups is 2. The van der Waals surface area contributed by atoms with Crippen LogP contribution in [0.15, 0.2) is 30.3 Å². The number of amides is 1. The van der Waals surface area contributed by atoms with E-state index in [1.54, 1.807) is 0 Å². The van der Waals surface area contributed by atoms with Crippen molar-refractivity contribution in [2.45, 2.75) is 38.7 Å². The van der Waals surface area contributed by atoms with Gasteiger partial charge in [-0.25, -0.2) is 0 Å². The second-order valence-electron chi connectivity index (χ2n) is 6.17. The number of hydrogen-bond donors (Lipinski definition) is 1. The van der Waals surface area contributed by atoms with Crippen molar-refractivity contribution in [3.8, 4) is 0 Å². The molecule has 1 heterocycles. The van der Waals surface area contributed by atoms with Gasteiger partial charge >= 0.3 is 5.97 Å². The molecule has 4 nitrogen and oxygen atoms in total. The first-order valence-corrected chi connectivity index (χ1v) is 6.91. The summed E-state index contributed by atoms with van der Waals surface area (Å²) >= 11 is 0. The summed E-state index contributed by atoms with van der Waals surface area (Å²) in [6.07, 6.45) is 0.189. The standard InChI is InChI=1S/C16H21NO3/c1-16(2,3)20-15(19)12-9-14(18)17-10-13(12)11-7-5-4-6-8-11/h4-8,12-13H,9-10H2,1-3H3,(H,17,18). The first-order valence-electron chi connectivity index (χ1n) is 6.91. The number of rotatable bonds is 2. The predicted octanol–water partition coefficient (Wildman–Crippen LogP) is 2.25. The molecule has 2 atom stereocenters. The molecule has 0 aliphatic carbocycles. The smallest absolute Gasteiger partial charge is 0.310 e. The minimum Gasteiger partial charge on any atom is -0.460 e. The van der Waals surface area contributed by atoms with Crippen LogP contribution in [0.25, 0.3) is 0 Å². The molecule has 0 saturated carbocycles. The minimum absolute atomic E-state index is 0.0243. The van der Waals surface area contributed by atoms with Crippen LogP contribution in [0.4, 0.5) is 0 Å². The van der Waals surface area contributed by atoms with Crippen LogP contribution < -0.4 is 5.32 Å². The Morgan fingerprint density at radius 2 is 1.90 bits per heavy atom. The zero-order valence-corrected chi connectivity index (χ0v) is 12.2. The van der Waals surface area contributed by atoms with Crippen LogP contribution >= 0.6 is 0 Å². The normalized spacial score (nSPS) is 23.1. The first-order chi connectivity index (χ1) is 9.37. The molecular weight excluding hydrogens is 254 g/mol. The van der Waals surface area contributed by atoms with Crippen molar-refractivity contribution >= 4 is 11.9 Å². The maximum Gasteiger partial charge on any atom is 0.310 e. The highest BCUT2D eigenvalue weighted by Crippen LogP contribution is 2.31. The monoisotopic (exact) mass is 275 g/mol. The van der Waals surface area contributed by atoms with Gasteiger partial charge in [-0.2, -0.15) is 0 Å². The van der Waals surface area contributed by atoms with E-state index in [4.69, 9.17) is 4.74 Å². The predicted molar refractivity (Wildman–Crippen MR) is 76.1 cm³/mol. The molecule has 0 radical (unpaired) electrons. The molecule has 1 aliphatic heterocycles. The highest BCUT2D eigenvalue weighted by atomic mass is 16.6. The van der Waals surface area contributed by atoms with Crippen molar-refractivity contribution in [1.82, 2.24) is 5.32 Å². The average Bonchev–Trinajstić information content (AvgIpc) is 2.37. The molecule has 20 heavy (non-hydrogen) atoms. The van der Waals surface area contributed by atoms with E-state index in [2.05, 4.69) is 5.32 Å². The topological polar surface area (TPSA) is 55.4 Å². The van der Waals surface area contributed by atoms with Gasteiger partial charge < -0.3 is 10.1 Å². The second kappa shape index (κ2) is 5.65. The van der Waals surface area contributed by atoms with Crippen molar-refractivity contribution in [3.63, 3.8) is 0 Å². The molecule has 1 aliphatic rings. The molecule has 1 saturated heterocycles. The fraction of sp³-hybridized carbons (Fsp3) is 0.500.